The van der Waals surface area contributed by atoms with Gasteiger partial charge in [-0.25, -0.2) is 0 Å². The summed E-state index contributed by atoms with van der Waals surface area (Å²) in [5.41, 5.74) is 4.36. The van der Waals surface area contributed by atoms with Gasteiger partial charge in [0, 0.05) is 17.2 Å². The summed E-state index contributed by atoms with van der Waals surface area (Å²) in [7, 11) is 3.00. The third-order valence-corrected chi connectivity index (χ3v) is 3.17. The summed E-state index contributed by atoms with van der Waals surface area (Å²) in [5, 5.41) is 15.0. The number of nitro benzene ring substituents is 1. The Kier molecular flexibility index (Phi) is 5.51. The van der Waals surface area contributed by atoms with E-state index in [2.05, 4.69) is 10.5 Å². The minimum Gasteiger partial charge on any atom is -0.496 e. The molecule has 0 unspecified atom stereocenters. The molecule has 0 fully saturated rings. The maximum Gasteiger partial charge on any atom is 0.311 e. The lowest BCUT2D eigenvalue weighted by atomic mass is 10.2. The van der Waals surface area contributed by atoms with E-state index in [4.69, 9.17) is 9.47 Å². The van der Waals surface area contributed by atoms with Crippen molar-refractivity contribution in [2.75, 3.05) is 14.2 Å². The molecular formula is C16H17N3O4. The SMILES string of the molecule is COc1ccccc1CN/N=C\c1ccc(OC)c([N+](=O)[O-])c1. The molecule has 0 atom stereocenters. The van der Waals surface area contributed by atoms with Crippen LogP contribution in [0.4, 0.5) is 5.69 Å². The second kappa shape index (κ2) is 7.79. The summed E-state index contributed by atoms with van der Waals surface area (Å²) in [6.07, 6.45) is 1.52. The molecule has 0 spiro atoms. The van der Waals surface area contributed by atoms with Crippen molar-refractivity contribution < 1.29 is 14.4 Å². The minimum atomic E-state index is -0.488. The van der Waals surface area contributed by atoms with Crippen molar-refractivity contribution in [2.24, 2.45) is 5.10 Å². The van der Waals surface area contributed by atoms with Gasteiger partial charge in [0.15, 0.2) is 5.75 Å². The number of nitrogens with zero attached hydrogens (tertiary/aromatic N) is 2. The van der Waals surface area contributed by atoms with Crippen molar-refractivity contribution in [3.63, 3.8) is 0 Å². The van der Waals surface area contributed by atoms with Gasteiger partial charge in [-0.2, -0.15) is 5.10 Å². The Hall–Kier alpha value is -3.09. The van der Waals surface area contributed by atoms with E-state index in [-0.39, 0.29) is 11.4 Å². The maximum absolute atomic E-state index is 11.0. The van der Waals surface area contributed by atoms with Gasteiger partial charge >= 0.3 is 5.69 Å². The van der Waals surface area contributed by atoms with Gasteiger partial charge in [-0.3, -0.25) is 10.1 Å². The quantitative estimate of drug-likeness (QED) is 0.482. The Morgan fingerprint density at radius 1 is 1.17 bits per heavy atom. The fourth-order valence-electron chi connectivity index (χ4n) is 2.03. The fourth-order valence-corrected chi connectivity index (χ4v) is 2.03. The number of nitro groups is 1. The molecule has 0 aromatic heterocycles. The first kappa shape index (κ1) is 16.3. The summed E-state index contributed by atoms with van der Waals surface area (Å²) in [6.45, 7) is 0.485. The molecule has 0 aliphatic heterocycles. The lowest BCUT2D eigenvalue weighted by Gasteiger charge is -2.07. The molecular weight excluding hydrogens is 298 g/mol. The van der Waals surface area contributed by atoms with Gasteiger partial charge in [-0.15, -0.1) is 0 Å². The van der Waals surface area contributed by atoms with Crippen LogP contribution < -0.4 is 14.9 Å². The van der Waals surface area contributed by atoms with E-state index in [1.54, 1.807) is 19.2 Å². The van der Waals surface area contributed by atoms with E-state index in [0.29, 0.717) is 12.1 Å². The van der Waals surface area contributed by atoms with Gasteiger partial charge in [0.05, 0.1) is 31.9 Å². The van der Waals surface area contributed by atoms with Gasteiger partial charge in [-0.1, -0.05) is 18.2 Å². The fraction of sp³-hybridized carbons (Fsp3) is 0.188. The van der Waals surface area contributed by atoms with Crippen LogP contribution in [0.25, 0.3) is 0 Å². The van der Waals surface area contributed by atoms with Crippen LogP contribution in [0, 0.1) is 10.1 Å². The number of hydrazone groups is 1. The van der Waals surface area contributed by atoms with Crippen LogP contribution in [0.3, 0.4) is 0 Å². The monoisotopic (exact) mass is 315 g/mol. The maximum atomic E-state index is 11.0. The molecule has 1 N–H and O–H groups in total. The molecule has 0 radical (unpaired) electrons. The van der Waals surface area contributed by atoms with Gasteiger partial charge < -0.3 is 14.9 Å². The zero-order chi connectivity index (χ0) is 16.7. The lowest BCUT2D eigenvalue weighted by molar-refractivity contribution is -0.385. The van der Waals surface area contributed by atoms with Gasteiger partial charge in [0.25, 0.3) is 0 Å². The van der Waals surface area contributed by atoms with Crippen molar-refractivity contribution in [3.05, 3.63) is 63.7 Å². The minimum absolute atomic E-state index is 0.0961. The van der Waals surface area contributed by atoms with E-state index < -0.39 is 4.92 Å². The van der Waals surface area contributed by atoms with E-state index in [1.165, 1.54) is 19.4 Å². The summed E-state index contributed by atoms with van der Waals surface area (Å²) < 4.78 is 10.2. The van der Waals surface area contributed by atoms with E-state index in [0.717, 1.165) is 11.3 Å². The molecule has 0 amide bonds. The van der Waals surface area contributed by atoms with E-state index >= 15 is 0 Å². The number of hydrogen-bond donors (Lipinski definition) is 1. The Morgan fingerprint density at radius 2 is 1.91 bits per heavy atom. The van der Waals surface area contributed by atoms with Crippen LogP contribution in [0.1, 0.15) is 11.1 Å². The predicted octanol–water partition coefficient (Wildman–Crippen LogP) is 2.74. The van der Waals surface area contributed by atoms with Crippen LogP contribution >= 0.6 is 0 Å². The largest absolute Gasteiger partial charge is 0.496 e. The van der Waals surface area contributed by atoms with Gasteiger partial charge in [-0.05, 0) is 18.2 Å². The standard InChI is InChI=1S/C16H17N3O4/c1-22-15-6-4-3-5-13(15)11-18-17-10-12-7-8-16(23-2)14(9-12)19(20)21/h3-10,18H,11H2,1-2H3/b17-10-. The molecule has 7 nitrogen and oxygen atoms in total. The predicted molar refractivity (Wildman–Crippen MR) is 87.1 cm³/mol. The van der Waals surface area contributed by atoms with Crippen molar-refractivity contribution in [1.29, 1.82) is 0 Å². The number of nitrogens with one attached hydrogen (secondary N) is 1. The summed E-state index contributed by atoms with van der Waals surface area (Å²) in [5.74, 6) is 0.990. The van der Waals surface area contributed by atoms with Crippen LogP contribution in [0.2, 0.25) is 0 Å². The van der Waals surface area contributed by atoms with Crippen LogP contribution in [-0.2, 0) is 6.54 Å². The smallest absolute Gasteiger partial charge is 0.311 e. The molecule has 7 heteroatoms. The Balaban J connectivity index is 2.03. The zero-order valence-corrected chi connectivity index (χ0v) is 12.9. The van der Waals surface area contributed by atoms with Gasteiger partial charge in [0.2, 0.25) is 0 Å². The summed E-state index contributed by atoms with van der Waals surface area (Å²) >= 11 is 0. The van der Waals surface area contributed by atoms with Crippen LogP contribution in [0.5, 0.6) is 11.5 Å². The molecule has 0 bridgehead atoms. The highest BCUT2D eigenvalue weighted by molar-refractivity contribution is 5.81. The Labute approximate surface area is 133 Å². The molecule has 0 heterocycles. The number of para-hydroxylation sites is 1. The molecule has 0 aliphatic carbocycles. The van der Waals surface area contributed by atoms with Crippen molar-refractivity contribution in [1.82, 2.24) is 5.43 Å². The molecule has 2 aromatic rings. The number of rotatable bonds is 7. The van der Waals surface area contributed by atoms with Crippen LogP contribution in [0.15, 0.2) is 47.6 Å². The highest BCUT2D eigenvalue weighted by Crippen LogP contribution is 2.26. The normalized spacial score (nSPS) is 10.5. The molecule has 2 aromatic carbocycles. The number of benzene rings is 2. The lowest BCUT2D eigenvalue weighted by Crippen LogP contribution is -2.07. The average molecular weight is 315 g/mol. The second-order valence-corrected chi connectivity index (χ2v) is 4.59. The summed E-state index contributed by atoms with van der Waals surface area (Å²) in [6, 6.07) is 12.2. The Morgan fingerprint density at radius 3 is 2.61 bits per heavy atom. The van der Waals surface area contributed by atoms with Crippen molar-refractivity contribution in [2.45, 2.75) is 6.54 Å². The van der Waals surface area contributed by atoms with Crippen LogP contribution in [-0.4, -0.2) is 25.4 Å². The topological polar surface area (TPSA) is 86.0 Å². The van der Waals surface area contributed by atoms with Gasteiger partial charge in [0.1, 0.15) is 5.75 Å². The van der Waals surface area contributed by atoms with Crippen molar-refractivity contribution >= 4 is 11.9 Å². The van der Waals surface area contributed by atoms with Crippen molar-refractivity contribution in [3.8, 4) is 11.5 Å². The van der Waals surface area contributed by atoms with E-state index in [9.17, 15) is 10.1 Å². The summed E-state index contributed by atoms with van der Waals surface area (Å²) in [4.78, 5) is 10.5. The molecule has 0 saturated heterocycles. The molecule has 0 aliphatic rings. The first-order chi connectivity index (χ1) is 11.2. The number of methoxy groups -OCH3 is 2. The third kappa shape index (κ3) is 4.19. The first-order valence-corrected chi connectivity index (χ1v) is 6.86. The second-order valence-electron chi connectivity index (χ2n) is 4.59. The third-order valence-electron chi connectivity index (χ3n) is 3.17. The molecule has 120 valence electrons. The van der Waals surface area contributed by atoms with E-state index in [1.807, 2.05) is 24.3 Å². The molecule has 2 rings (SSSR count). The number of ether oxygens (including phenoxy) is 2. The first-order valence-electron chi connectivity index (χ1n) is 6.86. The highest BCUT2D eigenvalue weighted by atomic mass is 16.6. The average Bonchev–Trinajstić information content (AvgIpc) is 2.58. The molecule has 0 saturated carbocycles. The number of hydrogen-bond acceptors (Lipinski definition) is 6. The zero-order valence-electron chi connectivity index (χ0n) is 12.9. The highest BCUT2D eigenvalue weighted by Gasteiger charge is 2.14. The Bertz CT molecular complexity index is 716. The molecule has 23 heavy (non-hydrogen) atoms.